The molecule has 0 bridgehead atoms. The van der Waals surface area contributed by atoms with Gasteiger partial charge in [-0.3, -0.25) is 4.68 Å². The van der Waals surface area contributed by atoms with Crippen LogP contribution in [-0.2, 0) is 13.5 Å². The lowest BCUT2D eigenvalue weighted by Gasteiger charge is -2.25. The monoisotopic (exact) mass is 319 g/mol. The average Bonchev–Trinajstić information content (AvgIpc) is 2.76. The Labute approximate surface area is 122 Å². The first-order chi connectivity index (χ1) is 9.15. The zero-order valence-electron chi connectivity index (χ0n) is 11.3. The van der Waals surface area contributed by atoms with Crippen molar-refractivity contribution >= 4 is 21.6 Å². The van der Waals surface area contributed by atoms with Gasteiger partial charge in [-0.1, -0.05) is 6.07 Å². The van der Waals surface area contributed by atoms with Crippen LogP contribution in [0.15, 0.2) is 28.9 Å². The highest BCUT2D eigenvalue weighted by atomic mass is 79.9. The van der Waals surface area contributed by atoms with Gasteiger partial charge >= 0.3 is 0 Å². The van der Waals surface area contributed by atoms with Crippen LogP contribution in [0.5, 0.6) is 0 Å². The van der Waals surface area contributed by atoms with Crippen molar-refractivity contribution < 1.29 is 0 Å². The van der Waals surface area contributed by atoms with Gasteiger partial charge in [-0.05, 0) is 59.8 Å². The van der Waals surface area contributed by atoms with E-state index >= 15 is 0 Å². The van der Waals surface area contributed by atoms with E-state index in [4.69, 9.17) is 0 Å². The molecule has 0 saturated carbocycles. The highest BCUT2D eigenvalue weighted by molar-refractivity contribution is 9.10. The number of nitrogens with zero attached hydrogens (tertiary/aromatic N) is 2. The molecule has 1 atom stereocenters. The summed E-state index contributed by atoms with van der Waals surface area (Å²) in [6.45, 7) is 2.11. The first kappa shape index (κ1) is 12.7. The molecule has 0 saturated heterocycles. The quantitative estimate of drug-likeness (QED) is 0.907. The Morgan fingerprint density at radius 3 is 3.05 bits per heavy atom. The van der Waals surface area contributed by atoms with Crippen molar-refractivity contribution in [3.05, 3.63) is 45.7 Å². The van der Waals surface area contributed by atoms with Crippen molar-refractivity contribution in [1.29, 1.82) is 0 Å². The van der Waals surface area contributed by atoms with Gasteiger partial charge in [0.05, 0.1) is 12.2 Å². The van der Waals surface area contributed by atoms with Gasteiger partial charge in [0.2, 0.25) is 0 Å². The highest BCUT2D eigenvalue weighted by Crippen LogP contribution is 2.34. The molecular formula is C15H18BrN3. The topological polar surface area (TPSA) is 29.9 Å². The molecule has 3 rings (SSSR count). The van der Waals surface area contributed by atoms with Gasteiger partial charge < -0.3 is 5.32 Å². The average molecular weight is 320 g/mol. The highest BCUT2D eigenvalue weighted by Gasteiger charge is 2.23. The summed E-state index contributed by atoms with van der Waals surface area (Å²) in [6, 6.07) is 6.80. The molecule has 0 radical (unpaired) electrons. The van der Waals surface area contributed by atoms with E-state index in [-0.39, 0.29) is 0 Å². The summed E-state index contributed by atoms with van der Waals surface area (Å²) in [7, 11) is 2.03. The van der Waals surface area contributed by atoms with E-state index in [2.05, 4.69) is 51.5 Å². The molecule has 3 nitrogen and oxygen atoms in total. The fraction of sp³-hybridized carbons (Fsp3) is 0.400. The third-order valence-electron chi connectivity index (χ3n) is 3.83. The van der Waals surface area contributed by atoms with Gasteiger partial charge in [0, 0.05) is 28.5 Å². The van der Waals surface area contributed by atoms with Crippen molar-refractivity contribution in [2.75, 3.05) is 5.32 Å². The normalized spacial score (nSPS) is 18.2. The lowest BCUT2D eigenvalue weighted by atomic mass is 9.93. The number of anilines is 1. The SMILES string of the molecule is Cc1ccc(NC2CCCc3c2cnn3C)c(Br)c1. The summed E-state index contributed by atoms with van der Waals surface area (Å²) >= 11 is 3.64. The van der Waals surface area contributed by atoms with E-state index in [0.717, 1.165) is 16.6 Å². The predicted octanol–water partition coefficient (Wildman–Crippen LogP) is 3.98. The standard InChI is InChI=1S/C15H18BrN3/c1-10-6-7-14(12(16)8-10)18-13-4-3-5-15-11(13)9-17-19(15)2/h6-9,13,18H,3-5H2,1-2H3. The number of fused-ring (bicyclic) bond motifs is 1. The third-order valence-corrected chi connectivity index (χ3v) is 4.49. The Balaban J connectivity index is 1.88. The van der Waals surface area contributed by atoms with Crippen LogP contribution >= 0.6 is 15.9 Å². The Hall–Kier alpha value is -1.29. The predicted molar refractivity (Wildman–Crippen MR) is 81.4 cm³/mol. The largest absolute Gasteiger partial charge is 0.377 e. The molecule has 0 aliphatic heterocycles. The molecule has 100 valence electrons. The maximum Gasteiger partial charge on any atom is 0.0548 e. The lowest BCUT2D eigenvalue weighted by molar-refractivity contribution is 0.571. The Morgan fingerprint density at radius 2 is 2.26 bits per heavy atom. The summed E-state index contributed by atoms with van der Waals surface area (Å²) in [6.07, 6.45) is 5.53. The number of halogens is 1. The van der Waals surface area contributed by atoms with Gasteiger partial charge in [0.25, 0.3) is 0 Å². The lowest BCUT2D eigenvalue weighted by Crippen LogP contribution is -2.18. The second-order valence-corrected chi connectivity index (χ2v) is 6.10. The zero-order valence-corrected chi connectivity index (χ0v) is 12.9. The van der Waals surface area contributed by atoms with Crippen LogP contribution in [0.25, 0.3) is 0 Å². The van der Waals surface area contributed by atoms with E-state index < -0.39 is 0 Å². The summed E-state index contributed by atoms with van der Waals surface area (Å²) < 4.78 is 3.14. The first-order valence-electron chi connectivity index (χ1n) is 6.68. The number of nitrogens with one attached hydrogen (secondary N) is 1. The minimum absolute atomic E-state index is 0.372. The molecule has 1 aliphatic rings. The third kappa shape index (κ3) is 2.41. The molecule has 1 aromatic heterocycles. The van der Waals surface area contributed by atoms with Gasteiger partial charge in [-0.25, -0.2) is 0 Å². The molecule has 4 heteroatoms. The van der Waals surface area contributed by atoms with Gasteiger partial charge in [0.15, 0.2) is 0 Å². The van der Waals surface area contributed by atoms with Crippen molar-refractivity contribution in [2.45, 2.75) is 32.2 Å². The maximum atomic E-state index is 4.39. The van der Waals surface area contributed by atoms with Crippen LogP contribution in [-0.4, -0.2) is 9.78 Å². The molecular weight excluding hydrogens is 302 g/mol. The molecule has 1 unspecified atom stereocenters. The molecule has 0 fully saturated rings. The fourth-order valence-electron chi connectivity index (χ4n) is 2.78. The van der Waals surface area contributed by atoms with Crippen molar-refractivity contribution in [3.63, 3.8) is 0 Å². The van der Waals surface area contributed by atoms with E-state index in [1.807, 2.05) is 17.9 Å². The molecule has 1 N–H and O–H groups in total. The second-order valence-electron chi connectivity index (χ2n) is 5.24. The number of rotatable bonds is 2. The van der Waals surface area contributed by atoms with Gasteiger partial charge in [-0.15, -0.1) is 0 Å². The number of benzene rings is 1. The van der Waals surface area contributed by atoms with E-state index in [1.54, 1.807) is 0 Å². The molecule has 1 aromatic carbocycles. The summed E-state index contributed by atoms with van der Waals surface area (Å²) in [4.78, 5) is 0. The second kappa shape index (κ2) is 5.00. The van der Waals surface area contributed by atoms with Crippen LogP contribution in [0.3, 0.4) is 0 Å². The maximum absolute atomic E-state index is 4.39. The molecule has 0 spiro atoms. The van der Waals surface area contributed by atoms with Gasteiger partial charge in [-0.2, -0.15) is 5.10 Å². The van der Waals surface area contributed by atoms with E-state index in [0.29, 0.717) is 6.04 Å². The van der Waals surface area contributed by atoms with Crippen molar-refractivity contribution in [3.8, 4) is 0 Å². The van der Waals surface area contributed by atoms with Crippen LogP contribution < -0.4 is 5.32 Å². The van der Waals surface area contributed by atoms with Crippen LogP contribution in [0.1, 0.15) is 35.7 Å². The van der Waals surface area contributed by atoms with E-state index in [9.17, 15) is 0 Å². The fourth-order valence-corrected chi connectivity index (χ4v) is 3.39. The first-order valence-corrected chi connectivity index (χ1v) is 7.48. The minimum Gasteiger partial charge on any atom is -0.377 e. The molecule has 19 heavy (non-hydrogen) atoms. The van der Waals surface area contributed by atoms with E-state index in [1.165, 1.54) is 29.7 Å². The van der Waals surface area contributed by atoms with Crippen LogP contribution in [0.4, 0.5) is 5.69 Å². The van der Waals surface area contributed by atoms with Gasteiger partial charge in [0.1, 0.15) is 0 Å². The Bertz CT molecular complexity index is 603. The van der Waals surface area contributed by atoms with Crippen LogP contribution in [0.2, 0.25) is 0 Å². The smallest absolute Gasteiger partial charge is 0.0548 e. The number of aromatic nitrogens is 2. The molecule has 2 aromatic rings. The Kier molecular flexibility index (Phi) is 3.35. The summed E-state index contributed by atoms with van der Waals surface area (Å²) in [5, 5.41) is 8.04. The van der Waals surface area contributed by atoms with Crippen molar-refractivity contribution in [2.24, 2.45) is 7.05 Å². The summed E-state index contributed by atoms with van der Waals surface area (Å²) in [5.74, 6) is 0. The van der Waals surface area contributed by atoms with Crippen LogP contribution in [0, 0.1) is 6.92 Å². The number of hydrogen-bond acceptors (Lipinski definition) is 2. The summed E-state index contributed by atoms with van der Waals surface area (Å²) in [5.41, 5.74) is 5.14. The molecule has 1 heterocycles. The number of hydrogen-bond donors (Lipinski definition) is 1. The molecule has 0 amide bonds. The minimum atomic E-state index is 0.372. The number of aryl methyl sites for hydroxylation is 2. The Morgan fingerprint density at radius 1 is 1.42 bits per heavy atom. The molecule has 1 aliphatic carbocycles. The zero-order chi connectivity index (χ0) is 13.4. The van der Waals surface area contributed by atoms with Crippen molar-refractivity contribution in [1.82, 2.24) is 9.78 Å².